The van der Waals surface area contributed by atoms with Crippen LogP contribution in [0.5, 0.6) is 0 Å². The molecule has 6 nitrogen and oxygen atoms in total. The first-order chi connectivity index (χ1) is 12.0. The second kappa shape index (κ2) is 7.21. The molecule has 0 saturated carbocycles. The Balaban J connectivity index is 1.55. The molecule has 7 heteroatoms. The van der Waals surface area contributed by atoms with E-state index >= 15 is 0 Å². The summed E-state index contributed by atoms with van der Waals surface area (Å²) in [6, 6.07) is 7.89. The summed E-state index contributed by atoms with van der Waals surface area (Å²) < 4.78 is 18.6. The maximum Gasteiger partial charge on any atom is 0.239 e. The van der Waals surface area contributed by atoms with Crippen molar-refractivity contribution in [1.29, 1.82) is 0 Å². The highest BCUT2D eigenvalue weighted by atomic mass is 19.1. The maximum absolute atomic E-state index is 13.4. The van der Waals surface area contributed by atoms with Crippen molar-refractivity contribution in [3.8, 4) is 0 Å². The number of carbonyl (C=O) groups excluding carboxylic acids is 2. The van der Waals surface area contributed by atoms with Crippen LogP contribution in [0.2, 0.25) is 0 Å². The minimum absolute atomic E-state index is 0.0702. The van der Waals surface area contributed by atoms with Crippen LogP contribution in [0.15, 0.2) is 41.0 Å². The molecule has 130 valence electrons. The van der Waals surface area contributed by atoms with Crippen LogP contribution in [-0.4, -0.2) is 23.3 Å². The summed E-state index contributed by atoms with van der Waals surface area (Å²) in [5.74, 6) is -0.338. The van der Waals surface area contributed by atoms with Crippen LogP contribution < -0.4 is 10.6 Å². The van der Waals surface area contributed by atoms with Gasteiger partial charge in [0.15, 0.2) is 0 Å². The molecule has 3 aromatic rings. The molecule has 0 aliphatic carbocycles. The molecule has 0 radical (unpaired) electrons. The lowest BCUT2D eigenvalue weighted by molar-refractivity contribution is -0.125. The van der Waals surface area contributed by atoms with E-state index in [1.54, 1.807) is 18.2 Å². The lowest BCUT2D eigenvalue weighted by atomic mass is 10.1. The largest absolute Gasteiger partial charge is 0.467 e. The number of hydrogen-bond acceptors (Lipinski definition) is 3. The number of H-pyrrole nitrogens is 1. The summed E-state index contributed by atoms with van der Waals surface area (Å²) in [6.07, 6.45) is 1.59. The number of rotatable bonds is 6. The number of aromatic amines is 1. The fraction of sp³-hybridized carbons (Fsp3) is 0.222. The van der Waals surface area contributed by atoms with Gasteiger partial charge in [0.2, 0.25) is 11.8 Å². The highest BCUT2D eigenvalue weighted by molar-refractivity contribution is 5.91. The van der Waals surface area contributed by atoms with E-state index in [0.717, 1.165) is 16.8 Å². The van der Waals surface area contributed by atoms with Crippen LogP contribution in [-0.2, 0) is 22.6 Å². The number of hydrogen-bond donors (Lipinski definition) is 3. The van der Waals surface area contributed by atoms with Gasteiger partial charge in [-0.3, -0.25) is 9.59 Å². The Hall–Kier alpha value is -3.09. The van der Waals surface area contributed by atoms with Crippen LogP contribution in [0.25, 0.3) is 10.9 Å². The first kappa shape index (κ1) is 16.8. The van der Waals surface area contributed by atoms with Crippen LogP contribution >= 0.6 is 0 Å². The minimum atomic E-state index is -0.356. The summed E-state index contributed by atoms with van der Waals surface area (Å²) in [5.41, 5.74) is 2.30. The van der Waals surface area contributed by atoms with E-state index in [9.17, 15) is 14.0 Å². The fourth-order valence-corrected chi connectivity index (χ4v) is 2.65. The molecule has 0 fully saturated rings. The van der Waals surface area contributed by atoms with Crippen LogP contribution in [0, 0.1) is 12.7 Å². The van der Waals surface area contributed by atoms with Gasteiger partial charge in [-0.1, -0.05) is 0 Å². The minimum Gasteiger partial charge on any atom is -0.467 e. The number of furan rings is 1. The van der Waals surface area contributed by atoms with Gasteiger partial charge in [-0.2, -0.15) is 0 Å². The van der Waals surface area contributed by atoms with E-state index in [-0.39, 0.29) is 37.1 Å². The van der Waals surface area contributed by atoms with Crippen molar-refractivity contribution >= 4 is 22.7 Å². The maximum atomic E-state index is 13.4. The van der Waals surface area contributed by atoms with Crippen LogP contribution in [0.4, 0.5) is 4.39 Å². The lowest BCUT2D eigenvalue weighted by Crippen LogP contribution is -2.37. The van der Waals surface area contributed by atoms with Crippen molar-refractivity contribution in [3.05, 3.63) is 59.4 Å². The Bertz CT molecular complexity index is 900. The highest BCUT2D eigenvalue weighted by Crippen LogP contribution is 2.23. The molecule has 0 aliphatic rings. The van der Waals surface area contributed by atoms with Crippen molar-refractivity contribution in [2.75, 3.05) is 6.54 Å². The third-order valence-electron chi connectivity index (χ3n) is 3.90. The van der Waals surface area contributed by atoms with Gasteiger partial charge in [0.05, 0.1) is 25.8 Å². The van der Waals surface area contributed by atoms with E-state index in [1.807, 2.05) is 6.92 Å². The molecule has 1 aromatic carbocycles. The fourth-order valence-electron chi connectivity index (χ4n) is 2.65. The van der Waals surface area contributed by atoms with Crippen LogP contribution in [0.1, 0.15) is 17.0 Å². The van der Waals surface area contributed by atoms with Gasteiger partial charge >= 0.3 is 0 Å². The molecule has 2 aromatic heterocycles. The van der Waals surface area contributed by atoms with Crippen LogP contribution in [0.3, 0.4) is 0 Å². The molecule has 0 aliphatic heterocycles. The Morgan fingerprint density at radius 3 is 2.80 bits per heavy atom. The van der Waals surface area contributed by atoms with E-state index < -0.39 is 0 Å². The molecule has 2 heterocycles. The first-order valence-corrected chi connectivity index (χ1v) is 7.85. The van der Waals surface area contributed by atoms with E-state index in [0.29, 0.717) is 11.1 Å². The van der Waals surface area contributed by atoms with E-state index in [4.69, 9.17) is 4.42 Å². The summed E-state index contributed by atoms with van der Waals surface area (Å²) in [4.78, 5) is 27.0. The molecule has 0 bridgehead atoms. The van der Waals surface area contributed by atoms with Gasteiger partial charge in [0, 0.05) is 16.6 Å². The summed E-state index contributed by atoms with van der Waals surface area (Å²) in [6.45, 7) is 1.97. The molecular formula is C18H18FN3O3. The molecule has 25 heavy (non-hydrogen) atoms. The number of halogens is 1. The first-order valence-electron chi connectivity index (χ1n) is 7.85. The second-order valence-electron chi connectivity index (χ2n) is 5.73. The average Bonchev–Trinajstić information content (AvgIpc) is 3.20. The van der Waals surface area contributed by atoms with Crippen molar-refractivity contribution < 1.29 is 18.4 Å². The second-order valence-corrected chi connectivity index (χ2v) is 5.73. The van der Waals surface area contributed by atoms with Crippen molar-refractivity contribution in [2.24, 2.45) is 0 Å². The van der Waals surface area contributed by atoms with Gasteiger partial charge in [-0.25, -0.2) is 4.39 Å². The highest BCUT2D eigenvalue weighted by Gasteiger charge is 2.14. The molecule has 3 N–H and O–H groups in total. The van der Waals surface area contributed by atoms with Gasteiger partial charge in [-0.05, 0) is 42.8 Å². The predicted molar refractivity (Wildman–Crippen MR) is 90.3 cm³/mol. The smallest absolute Gasteiger partial charge is 0.239 e. The standard InChI is InChI=1S/C18H18FN3O3/c1-11-14(15-7-12(19)4-5-16(15)22-11)8-17(23)21-10-18(24)20-9-13-3-2-6-25-13/h2-7,22H,8-10H2,1H3,(H,20,24)(H,21,23). The number of aromatic nitrogens is 1. The number of amides is 2. The summed E-state index contributed by atoms with van der Waals surface area (Å²) >= 11 is 0. The van der Waals surface area contributed by atoms with Gasteiger partial charge in [0.1, 0.15) is 11.6 Å². The molecule has 3 rings (SSSR count). The average molecular weight is 343 g/mol. The third-order valence-corrected chi connectivity index (χ3v) is 3.90. The molecule has 0 atom stereocenters. The number of carbonyl (C=O) groups is 2. The van der Waals surface area contributed by atoms with Crippen molar-refractivity contribution in [3.63, 3.8) is 0 Å². The quantitative estimate of drug-likeness (QED) is 0.641. The number of benzene rings is 1. The summed E-state index contributed by atoms with van der Waals surface area (Å²) in [7, 11) is 0. The Morgan fingerprint density at radius 2 is 2.04 bits per heavy atom. The van der Waals surface area contributed by atoms with E-state index in [2.05, 4.69) is 15.6 Å². The Labute approximate surface area is 143 Å². The van der Waals surface area contributed by atoms with Crippen molar-refractivity contribution in [1.82, 2.24) is 15.6 Å². The topological polar surface area (TPSA) is 87.1 Å². The molecule has 0 unspecified atom stereocenters. The zero-order chi connectivity index (χ0) is 17.8. The zero-order valence-electron chi connectivity index (χ0n) is 13.7. The SMILES string of the molecule is Cc1[nH]c2ccc(F)cc2c1CC(=O)NCC(=O)NCc1ccco1. The van der Waals surface area contributed by atoms with Gasteiger partial charge in [-0.15, -0.1) is 0 Å². The summed E-state index contributed by atoms with van der Waals surface area (Å²) in [5, 5.41) is 5.89. The zero-order valence-corrected chi connectivity index (χ0v) is 13.7. The number of aryl methyl sites for hydroxylation is 1. The Kier molecular flexibility index (Phi) is 4.83. The number of fused-ring (bicyclic) bond motifs is 1. The predicted octanol–water partition coefficient (Wildman–Crippen LogP) is 2.18. The van der Waals surface area contributed by atoms with Gasteiger partial charge < -0.3 is 20.0 Å². The third kappa shape index (κ3) is 4.06. The number of nitrogens with one attached hydrogen (secondary N) is 3. The molecule has 0 saturated heterocycles. The molecule has 2 amide bonds. The monoisotopic (exact) mass is 343 g/mol. The normalized spacial score (nSPS) is 10.8. The van der Waals surface area contributed by atoms with E-state index in [1.165, 1.54) is 18.4 Å². The molecule has 0 spiro atoms. The van der Waals surface area contributed by atoms with Gasteiger partial charge in [0.25, 0.3) is 0 Å². The lowest BCUT2D eigenvalue weighted by Gasteiger charge is -2.06. The molecular weight excluding hydrogens is 325 g/mol. The van der Waals surface area contributed by atoms with Crippen molar-refractivity contribution in [2.45, 2.75) is 19.9 Å². The Morgan fingerprint density at radius 1 is 1.20 bits per heavy atom.